The molecule has 0 spiro atoms. The molecule has 1 aliphatic rings. The van der Waals surface area contributed by atoms with Crippen molar-refractivity contribution in [3.8, 4) is 0 Å². The van der Waals surface area contributed by atoms with Gasteiger partial charge in [-0.2, -0.15) is 0 Å². The normalized spacial score (nSPS) is 28.2. The zero-order valence-corrected chi connectivity index (χ0v) is 41.4. The molecule has 20 nitrogen and oxygen atoms in total. The molecular formula is C34H78O20Si5. The summed E-state index contributed by atoms with van der Waals surface area (Å²) in [5.41, 5.74) is 0. The fourth-order valence-corrected chi connectivity index (χ4v) is 35.9. The van der Waals surface area contributed by atoms with E-state index in [1.165, 1.54) is 14.2 Å². The van der Waals surface area contributed by atoms with Crippen LogP contribution in [0, 0.1) is 0 Å². The molecule has 0 amide bonds. The topological polar surface area (TPSA) is 273 Å². The predicted octanol–water partition coefficient (Wildman–Crippen LogP) is 0.423. The number of aliphatic hydroxyl groups excluding tert-OH is 5. The molecule has 8 N–H and O–H groups in total. The lowest BCUT2D eigenvalue weighted by Gasteiger charge is -2.50. The number of methoxy groups -OCH3 is 2. The van der Waals surface area contributed by atoms with Crippen LogP contribution in [0.4, 0.5) is 0 Å². The summed E-state index contributed by atoms with van der Waals surface area (Å²) in [6.07, 6.45) is -3.77. The van der Waals surface area contributed by atoms with Crippen molar-refractivity contribution < 1.29 is 94.6 Å². The first-order valence-electron chi connectivity index (χ1n) is 20.5. The summed E-state index contributed by atoms with van der Waals surface area (Å²) in [5.74, 6) is 0. The molecule has 1 heterocycles. The maximum Gasteiger partial charge on any atom is 0.317 e. The highest BCUT2D eigenvalue weighted by atomic mass is 28.5. The first-order chi connectivity index (χ1) is 27.7. The molecular weight excluding hydrogens is 869 g/mol. The molecule has 6 atom stereocenters. The average molecular weight is 947 g/mol. The molecule has 1 aliphatic heterocycles. The predicted molar refractivity (Wildman–Crippen MR) is 225 cm³/mol. The van der Waals surface area contributed by atoms with Gasteiger partial charge in [0.15, 0.2) is 18.9 Å². The van der Waals surface area contributed by atoms with Crippen molar-refractivity contribution >= 4 is 42.8 Å². The first-order valence-corrected chi connectivity index (χ1v) is 33.1. The van der Waals surface area contributed by atoms with Crippen LogP contribution < -0.4 is 0 Å². The zero-order chi connectivity index (χ0) is 44.4. The summed E-state index contributed by atoms with van der Waals surface area (Å²) in [6, 6.07) is 2.39. The van der Waals surface area contributed by atoms with Crippen molar-refractivity contribution in [3.63, 3.8) is 0 Å². The minimum absolute atomic E-state index is 0.105. The fourth-order valence-electron chi connectivity index (χ4n) is 6.86. The van der Waals surface area contributed by atoms with Gasteiger partial charge in [0.1, 0.15) is 12.2 Å². The molecule has 59 heavy (non-hydrogen) atoms. The summed E-state index contributed by atoms with van der Waals surface area (Å²) >= 11 is 0. The van der Waals surface area contributed by atoms with Gasteiger partial charge >= 0.3 is 42.8 Å². The van der Waals surface area contributed by atoms with Gasteiger partial charge in [-0.25, -0.2) is 0 Å². The Bertz CT molecular complexity index is 998. The Morgan fingerprint density at radius 3 is 0.729 bits per heavy atom. The molecule has 0 aliphatic carbocycles. The molecule has 0 radical (unpaired) electrons. The van der Waals surface area contributed by atoms with Crippen molar-refractivity contribution in [2.24, 2.45) is 0 Å². The molecule has 6 unspecified atom stereocenters. The van der Waals surface area contributed by atoms with Crippen LogP contribution in [0.5, 0.6) is 0 Å². The minimum Gasteiger partial charge on any atom is -0.416 e. The van der Waals surface area contributed by atoms with Crippen LogP contribution in [0.3, 0.4) is 0 Å². The Kier molecular flexibility index (Phi) is 29.6. The molecule has 354 valence electrons. The number of aliphatic hydroxyl groups is 8. The molecule has 0 aromatic heterocycles. The standard InChI is InChI=1S/C34H78O20Si5/c1-43-23-30(35)25-45-13-8-18-55(3)50-56(4,19-9-14-46-26-31(36)24-44-2)52-58(6,21-11-16-48-28-33(39)40)54-59(7,22-12-17-49-29-34(41)42)53-57(5,51-55)20-10-15-47-27-32(37)38/h30-42H,8-29H2,1-7H3. The van der Waals surface area contributed by atoms with E-state index in [1.807, 2.05) is 32.7 Å². The quantitative estimate of drug-likeness (QED) is 0.0247. The van der Waals surface area contributed by atoms with Gasteiger partial charge in [0, 0.05) is 47.3 Å². The third-order valence-corrected chi connectivity index (χ3v) is 32.5. The van der Waals surface area contributed by atoms with Crippen LogP contribution in [0.2, 0.25) is 63.0 Å². The molecule has 0 bridgehead atoms. The third kappa shape index (κ3) is 27.9. The number of rotatable bonds is 34. The van der Waals surface area contributed by atoms with Crippen LogP contribution in [-0.2, 0) is 53.7 Å². The molecule has 25 heteroatoms. The molecule has 1 rings (SSSR count). The number of hydrogen-bond acceptors (Lipinski definition) is 20. The summed E-state index contributed by atoms with van der Waals surface area (Å²) in [7, 11) is -13.2. The van der Waals surface area contributed by atoms with Crippen LogP contribution >= 0.6 is 0 Å². The van der Waals surface area contributed by atoms with Crippen molar-refractivity contribution in [1.29, 1.82) is 0 Å². The van der Waals surface area contributed by atoms with Gasteiger partial charge in [0.2, 0.25) is 0 Å². The molecule has 1 saturated heterocycles. The second kappa shape index (κ2) is 30.4. The third-order valence-electron chi connectivity index (χ3n) is 8.90. The van der Waals surface area contributed by atoms with E-state index in [0.717, 1.165) is 0 Å². The van der Waals surface area contributed by atoms with E-state index in [1.54, 1.807) is 0 Å². The maximum atomic E-state index is 10.1. The first kappa shape index (κ1) is 57.3. The largest absolute Gasteiger partial charge is 0.416 e. The van der Waals surface area contributed by atoms with Crippen molar-refractivity contribution in [2.75, 3.05) is 93.5 Å². The minimum atomic E-state index is -3.26. The summed E-state index contributed by atoms with van der Waals surface area (Å²) in [6.45, 7) is 11.1. The fraction of sp³-hybridized carbons (Fsp3) is 1.00. The smallest absolute Gasteiger partial charge is 0.317 e. The van der Waals surface area contributed by atoms with E-state index in [2.05, 4.69) is 0 Å². The van der Waals surface area contributed by atoms with Gasteiger partial charge in [0.25, 0.3) is 0 Å². The van der Waals surface area contributed by atoms with Gasteiger partial charge in [-0.3, -0.25) is 0 Å². The van der Waals surface area contributed by atoms with Crippen LogP contribution in [0.25, 0.3) is 0 Å². The summed E-state index contributed by atoms with van der Waals surface area (Å²) in [4.78, 5) is 0. The van der Waals surface area contributed by atoms with E-state index in [-0.39, 0.29) is 66.1 Å². The zero-order valence-electron chi connectivity index (χ0n) is 36.4. The highest BCUT2D eigenvalue weighted by Gasteiger charge is 2.56. The Hall–Kier alpha value is 0.284. The second-order valence-corrected chi connectivity index (χ2v) is 33.7. The lowest BCUT2D eigenvalue weighted by molar-refractivity contribution is -0.0948. The number of hydrogen-bond donors (Lipinski definition) is 8. The van der Waals surface area contributed by atoms with Gasteiger partial charge in [-0.05, 0) is 95.1 Å². The lowest BCUT2D eigenvalue weighted by Crippen LogP contribution is -2.67. The van der Waals surface area contributed by atoms with Crippen LogP contribution in [-0.4, -0.2) is 208 Å². The van der Waals surface area contributed by atoms with E-state index >= 15 is 0 Å². The second-order valence-electron chi connectivity index (χ2n) is 15.7. The van der Waals surface area contributed by atoms with Gasteiger partial charge in [-0.1, -0.05) is 0 Å². The lowest BCUT2D eigenvalue weighted by atomic mass is 10.4. The Balaban J connectivity index is 3.67. The van der Waals surface area contributed by atoms with Crippen molar-refractivity contribution in [3.05, 3.63) is 0 Å². The van der Waals surface area contributed by atoms with Crippen molar-refractivity contribution in [2.45, 2.75) is 126 Å². The van der Waals surface area contributed by atoms with Crippen molar-refractivity contribution in [1.82, 2.24) is 0 Å². The van der Waals surface area contributed by atoms with Crippen LogP contribution in [0.15, 0.2) is 0 Å². The summed E-state index contributed by atoms with van der Waals surface area (Å²) < 4.78 is 74.4. The van der Waals surface area contributed by atoms with E-state index in [0.29, 0.717) is 75.5 Å². The highest BCUT2D eigenvalue weighted by molar-refractivity contribution is 6.94. The Morgan fingerprint density at radius 2 is 0.542 bits per heavy atom. The molecule has 0 aromatic rings. The maximum absolute atomic E-state index is 10.1. The van der Waals surface area contributed by atoms with Gasteiger partial charge in [0.05, 0.1) is 46.2 Å². The molecule has 0 saturated carbocycles. The highest BCUT2D eigenvalue weighted by Crippen LogP contribution is 2.39. The van der Waals surface area contributed by atoms with Gasteiger partial charge in [-0.15, -0.1) is 0 Å². The average Bonchev–Trinajstić information content (AvgIpc) is 3.09. The van der Waals surface area contributed by atoms with E-state index in [4.69, 9.17) is 53.7 Å². The summed E-state index contributed by atoms with van der Waals surface area (Å²) in [5, 5.41) is 76.3. The molecule has 0 aromatic carbocycles. The Labute approximate surface area is 356 Å². The number of ether oxygens (including phenoxy) is 7. The Morgan fingerprint density at radius 1 is 0.339 bits per heavy atom. The van der Waals surface area contributed by atoms with E-state index in [9.17, 15) is 40.9 Å². The van der Waals surface area contributed by atoms with Gasteiger partial charge < -0.3 is 94.6 Å². The molecule has 1 fully saturated rings. The SMILES string of the molecule is COCC(O)COCCC[Si]1(C)O[Si](C)(CCCOCC(O)O)O[Si](C)(CCCOCC(O)O)O[Si](C)(CCCOCC(O)O)O[Si](C)(CCCOCC(O)COC)O1. The monoisotopic (exact) mass is 946 g/mol. The van der Waals surface area contributed by atoms with Crippen LogP contribution in [0.1, 0.15) is 32.1 Å². The van der Waals surface area contributed by atoms with E-state index < -0.39 is 73.9 Å².